The van der Waals surface area contributed by atoms with Gasteiger partial charge in [0.05, 0.1) is 12.2 Å². The zero-order valence-corrected chi connectivity index (χ0v) is 16.7. The first-order valence-electron chi connectivity index (χ1n) is 9.54. The van der Waals surface area contributed by atoms with Gasteiger partial charge in [-0.25, -0.2) is 0 Å². The van der Waals surface area contributed by atoms with E-state index < -0.39 is 35.1 Å². The van der Waals surface area contributed by atoms with Gasteiger partial charge < -0.3 is 24.5 Å². The molecule has 0 fully saturated rings. The Bertz CT molecular complexity index is 1120. The maximum Gasteiger partial charge on any atom is 0.366 e. The molecule has 2 aliphatic rings. The molecule has 1 aromatic heterocycles. The summed E-state index contributed by atoms with van der Waals surface area (Å²) in [7, 11) is 0. The highest BCUT2D eigenvalue weighted by molar-refractivity contribution is 6.08. The standard InChI is InChI=1S/C20H18N4O7/c1-3-22-13-8-12(4-5-15(13)30-10-18(22)26)14(25)9-23-19-16(31-11(2)20(23)27)6-7-17(21-19)24(28)29/h4-8,11H,3,9-10H2,1-2H3. The van der Waals surface area contributed by atoms with E-state index in [1.165, 1.54) is 30.0 Å². The predicted molar refractivity (Wildman–Crippen MR) is 108 cm³/mol. The highest BCUT2D eigenvalue weighted by atomic mass is 16.6. The van der Waals surface area contributed by atoms with Crippen LogP contribution in [0, 0.1) is 10.1 Å². The number of pyridine rings is 1. The summed E-state index contributed by atoms with van der Waals surface area (Å²) in [5.74, 6) is -1.09. The van der Waals surface area contributed by atoms with E-state index in [1.54, 1.807) is 12.1 Å². The Balaban J connectivity index is 1.67. The van der Waals surface area contributed by atoms with Crippen molar-refractivity contribution < 1.29 is 28.8 Å². The highest BCUT2D eigenvalue weighted by Gasteiger charge is 2.38. The third-order valence-electron chi connectivity index (χ3n) is 5.03. The van der Waals surface area contributed by atoms with Crippen LogP contribution in [0.5, 0.6) is 11.5 Å². The van der Waals surface area contributed by atoms with Crippen molar-refractivity contribution >= 4 is 34.9 Å². The van der Waals surface area contributed by atoms with E-state index in [0.717, 1.165) is 4.90 Å². The quantitative estimate of drug-likeness (QED) is 0.401. The molecule has 1 unspecified atom stereocenters. The molecule has 4 rings (SSSR count). The van der Waals surface area contributed by atoms with Crippen molar-refractivity contribution in [3.8, 4) is 11.5 Å². The van der Waals surface area contributed by atoms with E-state index in [-0.39, 0.29) is 29.6 Å². The van der Waals surface area contributed by atoms with E-state index in [0.29, 0.717) is 18.0 Å². The van der Waals surface area contributed by atoms with Gasteiger partial charge >= 0.3 is 5.82 Å². The Labute approximate surface area is 176 Å². The van der Waals surface area contributed by atoms with Crippen molar-refractivity contribution in [3.05, 3.63) is 46.0 Å². The predicted octanol–water partition coefficient (Wildman–Crippen LogP) is 1.73. The van der Waals surface area contributed by atoms with E-state index in [1.807, 2.05) is 6.92 Å². The van der Waals surface area contributed by atoms with Crippen LogP contribution in [-0.2, 0) is 9.59 Å². The third kappa shape index (κ3) is 3.54. The van der Waals surface area contributed by atoms with Crippen LogP contribution in [0.4, 0.5) is 17.3 Å². The number of carbonyl (C=O) groups is 3. The lowest BCUT2D eigenvalue weighted by molar-refractivity contribution is -0.389. The number of nitrogens with zero attached hydrogens (tertiary/aromatic N) is 4. The summed E-state index contributed by atoms with van der Waals surface area (Å²) < 4.78 is 10.9. The molecule has 0 aliphatic carbocycles. The Hall–Kier alpha value is -4.02. The second-order valence-corrected chi connectivity index (χ2v) is 6.97. The number of Topliss-reactive ketones (excluding diaryl/α,β-unsaturated/α-hetero) is 1. The lowest BCUT2D eigenvalue weighted by Crippen LogP contribution is -2.47. The molecule has 0 saturated heterocycles. The minimum atomic E-state index is -0.881. The summed E-state index contributed by atoms with van der Waals surface area (Å²) in [4.78, 5) is 54.6. The molecule has 0 saturated carbocycles. The summed E-state index contributed by atoms with van der Waals surface area (Å²) in [6, 6.07) is 7.19. The van der Waals surface area contributed by atoms with Gasteiger partial charge in [-0.3, -0.25) is 19.3 Å². The van der Waals surface area contributed by atoms with Crippen molar-refractivity contribution in [3.63, 3.8) is 0 Å². The van der Waals surface area contributed by atoms with Crippen LogP contribution >= 0.6 is 0 Å². The van der Waals surface area contributed by atoms with Crippen LogP contribution in [0.25, 0.3) is 0 Å². The number of hydrogen-bond acceptors (Lipinski definition) is 8. The first-order valence-corrected chi connectivity index (χ1v) is 9.54. The van der Waals surface area contributed by atoms with Gasteiger partial charge in [0.25, 0.3) is 17.6 Å². The average molecular weight is 426 g/mol. The number of ether oxygens (including phenoxy) is 2. The molecule has 31 heavy (non-hydrogen) atoms. The first kappa shape index (κ1) is 20.3. The fraction of sp³-hybridized carbons (Fsp3) is 0.300. The number of anilines is 2. The molecule has 1 atom stereocenters. The summed E-state index contributed by atoms with van der Waals surface area (Å²) in [5.41, 5.74) is 0.731. The lowest BCUT2D eigenvalue weighted by Gasteiger charge is -2.30. The van der Waals surface area contributed by atoms with Gasteiger partial charge in [0.15, 0.2) is 24.2 Å². The van der Waals surface area contributed by atoms with Gasteiger partial charge in [-0.15, -0.1) is 0 Å². The molecular formula is C20H18N4O7. The molecule has 160 valence electrons. The number of likely N-dealkylation sites (N-methyl/N-ethyl adjacent to an activating group) is 1. The third-order valence-corrected chi connectivity index (χ3v) is 5.03. The van der Waals surface area contributed by atoms with Crippen LogP contribution in [0.1, 0.15) is 24.2 Å². The van der Waals surface area contributed by atoms with Crippen molar-refractivity contribution in [2.75, 3.05) is 29.5 Å². The minimum Gasteiger partial charge on any atom is -0.482 e. The summed E-state index contributed by atoms with van der Waals surface area (Å²) in [6.07, 6.45) is -0.881. The minimum absolute atomic E-state index is 0.0739. The van der Waals surface area contributed by atoms with Crippen LogP contribution in [0.3, 0.4) is 0 Å². The van der Waals surface area contributed by atoms with Crippen molar-refractivity contribution in [1.29, 1.82) is 0 Å². The average Bonchev–Trinajstić information content (AvgIpc) is 2.76. The SMILES string of the molecule is CCN1C(=O)COc2ccc(C(=O)CN3C(=O)C(C)Oc4ccc([N+](=O)[O-])nc43)cc21. The maximum absolute atomic E-state index is 13.0. The van der Waals surface area contributed by atoms with Gasteiger partial charge in [0.2, 0.25) is 0 Å². The number of rotatable bonds is 5. The van der Waals surface area contributed by atoms with Gasteiger partial charge in [0.1, 0.15) is 5.75 Å². The monoisotopic (exact) mass is 426 g/mol. The number of carbonyl (C=O) groups excluding carboxylic acids is 3. The smallest absolute Gasteiger partial charge is 0.366 e. The fourth-order valence-electron chi connectivity index (χ4n) is 3.49. The largest absolute Gasteiger partial charge is 0.482 e. The normalized spacial score (nSPS) is 17.4. The van der Waals surface area contributed by atoms with Gasteiger partial charge in [-0.2, -0.15) is 0 Å². The Morgan fingerprint density at radius 1 is 1.23 bits per heavy atom. The maximum atomic E-state index is 13.0. The van der Waals surface area contributed by atoms with Gasteiger partial charge in [-0.05, 0) is 48.0 Å². The molecule has 0 N–H and O–H groups in total. The second kappa shape index (κ2) is 7.67. The number of fused-ring (bicyclic) bond motifs is 2. The number of hydrogen-bond donors (Lipinski definition) is 0. The van der Waals surface area contributed by atoms with E-state index >= 15 is 0 Å². The Kier molecular flexibility index (Phi) is 5.01. The number of nitro groups is 1. The van der Waals surface area contributed by atoms with Crippen LogP contribution < -0.4 is 19.3 Å². The molecule has 2 aliphatic heterocycles. The molecule has 2 aromatic rings. The van der Waals surface area contributed by atoms with E-state index in [9.17, 15) is 24.5 Å². The lowest BCUT2D eigenvalue weighted by atomic mass is 10.1. The van der Waals surface area contributed by atoms with Crippen LogP contribution in [0.2, 0.25) is 0 Å². The molecule has 1 aromatic carbocycles. The van der Waals surface area contributed by atoms with Crippen molar-refractivity contribution in [1.82, 2.24) is 4.98 Å². The highest BCUT2D eigenvalue weighted by Crippen LogP contribution is 2.35. The number of ketones is 1. The zero-order chi connectivity index (χ0) is 22.3. The van der Waals surface area contributed by atoms with Crippen LogP contribution in [-0.4, -0.2) is 53.3 Å². The van der Waals surface area contributed by atoms with Gasteiger partial charge in [0, 0.05) is 18.2 Å². The molecule has 0 spiro atoms. The van der Waals surface area contributed by atoms with Gasteiger partial charge in [-0.1, -0.05) is 0 Å². The molecular weight excluding hydrogens is 408 g/mol. The molecule has 3 heterocycles. The molecule has 11 heteroatoms. The first-order chi connectivity index (χ1) is 14.8. The summed E-state index contributed by atoms with van der Waals surface area (Å²) in [5, 5.41) is 11.1. The van der Waals surface area contributed by atoms with E-state index in [2.05, 4.69) is 4.98 Å². The second-order valence-electron chi connectivity index (χ2n) is 6.97. The molecule has 11 nitrogen and oxygen atoms in total. The van der Waals surface area contributed by atoms with Crippen molar-refractivity contribution in [2.45, 2.75) is 20.0 Å². The van der Waals surface area contributed by atoms with Crippen molar-refractivity contribution in [2.24, 2.45) is 0 Å². The van der Waals surface area contributed by atoms with E-state index in [4.69, 9.17) is 9.47 Å². The number of aromatic nitrogens is 1. The molecule has 2 amide bonds. The van der Waals surface area contributed by atoms with Crippen LogP contribution in [0.15, 0.2) is 30.3 Å². The zero-order valence-electron chi connectivity index (χ0n) is 16.7. The number of benzene rings is 1. The topological polar surface area (TPSA) is 132 Å². The molecule has 0 bridgehead atoms. The summed E-state index contributed by atoms with van der Waals surface area (Å²) in [6.45, 7) is 3.27. The Morgan fingerprint density at radius 3 is 2.68 bits per heavy atom. The molecule has 0 radical (unpaired) electrons. The summed E-state index contributed by atoms with van der Waals surface area (Å²) >= 11 is 0. The fourth-order valence-corrected chi connectivity index (χ4v) is 3.49. The Morgan fingerprint density at radius 2 is 1.97 bits per heavy atom. The number of amides is 2.